The van der Waals surface area contributed by atoms with Crippen LogP contribution in [0.4, 0.5) is 5.69 Å². The van der Waals surface area contributed by atoms with Crippen molar-refractivity contribution in [1.82, 2.24) is 10.2 Å². The molecule has 0 radical (unpaired) electrons. The van der Waals surface area contributed by atoms with Crippen molar-refractivity contribution in [2.45, 2.75) is 70.5 Å². The summed E-state index contributed by atoms with van der Waals surface area (Å²) in [6.07, 6.45) is 1.58. The lowest BCUT2D eigenvalue weighted by atomic mass is 10.0. The number of rotatable bonds is 14. The third kappa shape index (κ3) is 8.60. The molecule has 2 atom stereocenters. The number of hydrogen-bond acceptors (Lipinski definition) is 4. The van der Waals surface area contributed by atoms with Crippen LogP contribution in [-0.2, 0) is 39.0 Å². The van der Waals surface area contributed by atoms with Gasteiger partial charge in [-0.15, -0.1) is 0 Å². The minimum atomic E-state index is -4.14. The maximum absolute atomic E-state index is 14.6. The number of nitrogens with one attached hydrogen (secondary N) is 1. The fourth-order valence-electron chi connectivity index (χ4n) is 5.17. The molecule has 1 N–H and O–H groups in total. The molecular weight excluding hydrogens is 582 g/mol. The summed E-state index contributed by atoms with van der Waals surface area (Å²) in [5.41, 5.74) is 4.05. The summed E-state index contributed by atoms with van der Waals surface area (Å²) in [5.74, 6) is -0.749. The van der Waals surface area contributed by atoms with Crippen LogP contribution in [0.3, 0.4) is 0 Å². The van der Waals surface area contributed by atoms with Crippen molar-refractivity contribution >= 4 is 27.5 Å². The molecule has 0 heterocycles. The molecule has 4 aromatic carbocycles. The first-order valence-electron chi connectivity index (χ1n) is 15.5. The monoisotopic (exact) mass is 625 g/mol. The zero-order valence-electron chi connectivity index (χ0n) is 26.5. The van der Waals surface area contributed by atoms with Crippen molar-refractivity contribution in [3.63, 3.8) is 0 Å². The predicted molar refractivity (Wildman–Crippen MR) is 180 cm³/mol. The lowest BCUT2D eigenvalue weighted by molar-refractivity contribution is -0.140. The van der Waals surface area contributed by atoms with Gasteiger partial charge in [0.2, 0.25) is 11.8 Å². The second kappa shape index (κ2) is 15.5. The molecule has 0 unspecified atom stereocenters. The van der Waals surface area contributed by atoms with Gasteiger partial charge in [-0.05, 0) is 61.6 Å². The van der Waals surface area contributed by atoms with Crippen molar-refractivity contribution in [3.8, 4) is 0 Å². The fourth-order valence-corrected chi connectivity index (χ4v) is 6.64. The van der Waals surface area contributed by atoms with Crippen LogP contribution in [0.2, 0.25) is 0 Å². The molecule has 0 saturated carbocycles. The van der Waals surface area contributed by atoms with E-state index in [2.05, 4.69) is 5.32 Å². The molecule has 8 heteroatoms. The van der Waals surface area contributed by atoms with Crippen LogP contribution in [0.1, 0.15) is 49.4 Å². The molecule has 0 saturated heterocycles. The largest absolute Gasteiger partial charge is 0.352 e. The second-order valence-electron chi connectivity index (χ2n) is 11.3. The number of nitrogens with zero attached hydrogens (tertiary/aromatic N) is 2. The third-order valence-electron chi connectivity index (χ3n) is 8.00. The fraction of sp³-hybridized carbons (Fsp3) is 0.297. The molecule has 236 valence electrons. The Morgan fingerprint density at radius 3 is 2.00 bits per heavy atom. The van der Waals surface area contributed by atoms with Gasteiger partial charge in [-0.1, -0.05) is 110 Å². The molecule has 7 nitrogen and oxygen atoms in total. The molecule has 0 aliphatic carbocycles. The Morgan fingerprint density at radius 1 is 0.778 bits per heavy atom. The maximum atomic E-state index is 14.6. The number of amides is 2. The van der Waals surface area contributed by atoms with Gasteiger partial charge in [0, 0.05) is 19.0 Å². The van der Waals surface area contributed by atoms with E-state index in [1.54, 1.807) is 30.3 Å². The molecule has 0 aliphatic heterocycles. The van der Waals surface area contributed by atoms with E-state index in [9.17, 15) is 18.0 Å². The highest BCUT2D eigenvalue weighted by molar-refractivity contribution is 7.92. The Balaban J connectivity index is 1.82. The summed E-state index contributed by atoms with van der Waals surface area (Å²) < 4.78 is 29.6. The Hall–Kier alpha value is -4.43. The molecule has 45 heavy (non-hydrogen) atoms. The number of carbonyl (C=O) groups excluding carboxylic acids is 2. The predicted octanol–water partition coefficient (Wildman–Crippen LogP) is 6.31. The number of benzene rings is 4. The van der Waals surface area contributed by atoms with Crippen LogP contribution in [0.25, 0.3) is 0 Å². The van der Waals surface area contributed by atoms with E-state index in [1.165, 1.54) is 21.3 Å². The van der Waals surface area contributed by atoms with Gasteiger partial charge >= 0.3 is 0 Å². The summed E-state index contributed by atoms with van der Waals surface area (Å²) in [6, 6.07) is 31.8. The summed E-state index contributed by atoms with van der Waals surface area (Å²) in [5, 5.41) is 3.07. The average Bonchev–Trinajstić information content (AvgIpc) is 3.06. The standard InChI is InChI=1S/C37H43N3O4S/c1-5-29(4)38-37(42)35(25-30-15-9-7-10-16-30)39(26-31-23-21-28(3)22-24-31)36(41)27-40(34-20-14-13-17-32(34)6-2)45(43,44)33-18-11-8-12-19-33/h7-24,29,35H,5-6,25-27H2,1-4H3,(H,38,42)/t29-,35+/m0/s1. The molecule has 0 fully saturated rings. The normalized spacial score (nSPS) is 12.6. The number of aryl methyl sites for hydroxylation is 2. The van der Waals surface area contributed by atoms with Gasteiger partial charge in [-0.2, -0.15) is 0 Å². The summed E-state index contributed by atoms with van der Waals surface area (Å²) >= 11 is 0. The van der Waals surface area contributed by atoms with Gasteiger partial charge < -0.3 is 10.2 Å². The Bertz CT molecular complexity index is 1660. The van der Waals surface area contributed by atoms with Crippen molar-refractivity contribution in [3.05, 3.63) is 131 Å². The van der Waals surface area contributed by atoms with Gasteiger partial charge in [-0.3, -0.25) is 13.9 Å². The van der Waals surface area contributed by atoms with Crippen molar-refractivity contribution in [2.24, 2.45) is 0 Å². The van der Waals surface area contributed by atoms with E-state index in [0.717, 1.165) is 28.7 Å². The number of sulfonamides is 1. The summed E-state index contributed by atoms with van der Waals surface area (Å²) in [7, 11) is -4.14. The molecule has 0 spiro atoms. The van der Waals surface area contributed by atoms with Crippen molar-refractivity contribution < 1.29 is 18.0 Å². The topological polar surface area (TPSA) is 86.8 Å². The number of carbonyl (C=O) groups is 2. The lowest BCUT2D eigenvalue weighted by Crippen LogP contribution is -2.54. The van der Waals surface area contributed by atoms with E-state index in [0.29, 0.717) is 12.1 Å². The molecular formula is C37H43N3O4S. The highest BCUT2D eigenvalue weighted by atomic mass is 32.2. The van der Waals surface area contributed by atoms with Gasteiger partial charge in [0.05, 0.1) is 10.6 Å². The highest BCUT2D eigenvalue weighted by Crippen LogP contribution is 2.28. The van der Waals surface area contributed by atoms with Crippen LogP contribution in [0.5, 0.6) is 0 Å². The van der Waals surface area contributed by atoms with Crippen LogP contribution in [0, 0.1) is 6.92 Å². The second-order valence-corrected chi connectivity index (χ2v) is 13.2. The zero-order valence-corrected chi connectivity index (χ0v) is 27.3. The van der Waals surface area contributed by atoms with Gasteiger partial charge in [0.15, 0.2) is 0 Å². The quantitative estimate of drug-likeness (QED) is 0.178. The van der Waals surface area contributed by atoms with Crippen molar-refractivity contribution in [2.75, 3.05) is 10.8 Å². The Labute approximate surface area is 268 Å². The first kappa shape index (κ1) is 33.5. The van der Waals surface area contributed by atoms with E-state index >= 15 is 0 Å². The van der Waals surface area contributed by atoms with E-state index in [-0.39, 0.29) is 29.8 Å². The van der Waals surface area contributed by atoms with Crippen LogP contribution in [-0.4, -0.2) is 43.8 Å². The molecule has 4 aromatic rings. The highest BCUT2D eigenvalue weighted by Gasteiger charge is 2.35. The van der Waals surface area contributed by atoms with Crippen LogP contribution in [0.15, 0.2) is 114 Å². The molecule has 2 amide bonds. The lowest BCUT2D eigenvalue weighted by Gasteiger charge is -2.34. The SMILES string of the molecule is CCc1ccccc1N(CC(=O)N(Cc1ccc(C)cc1)[C@H](Cc1ccccc1)C(=O)N[C@@H](C)CC)S(=O)(=O)c1ccccc1. The molecule has 0 aromatic heterocycles. The van der Waals surface area contributed by atoms with E-state index in [1.807, 2.05) is 94.4 Å². The van der Waals surface area contributed by atoms with E-state index in [4.69, 9.17) is 0 Å². The number of anilines is 1. The average molecular weight is 626 g/mol. The molecule has 0 aliphatic rings. The Kier molecular flexibility index (Phi) is 11.5. The first-order valence-corrected chi connectivity index (χ1v) is 16.9. The minimum absolute atomic E-state index is 0.0872. The number of para-hydroxylation sites is 1. The molecule has 4 rings (SSSR count). The molecule has 0 bridgehead atoms. The summed E-state index contributed by atoms with van der Waals surface area (Å²) in [4.78, 5) is 30.2. The van der Waals surface area contributed by atoms with Crippen LogP contribution < -0.4 is 9.62 Å². The maximum Gasteiger partial charge on any atom is 0.264 e. The summed E-state index contributed by atoms with van der Waals surface area (Å²) in [6.45, 7) is 7.53. The van der Waals surface area contributed by atoms with Crippen molar-refractivity contribution in [1.29, 1.82) is 0 Å². The van der Waals surface area contributed by atoms with Gasteiger partial charge in [-0.25, -0.2) is 8.42 Å². The van der Waals surface area contributed by atoms with Crippen LogP contribution >= 0.6 is 0 Å². The number of hydrogen-bond donors (Lipinski definition) is 1. The minimum Gasteiger partial charge on any atom is -0.352 e. The smallest absolute Gasteiger partial charge is 0.264 e. The zero-order chi connectivity index (χ0) is 32.4. The first-order chi connectivity index (χ1) is 21.6. The van der Waals surface area contributed by atoms with Gasteiger partial charge in [0.1, 0.15) is 12.6 Å². The van der Waals surface area contributed by atoms with E-state index < -0.39 is 28.5 Å². The third-order valence-corrected chi connectivity index (χ3v) is 9.77. The Morgan fingerprint density at radius 2 is 1.38 bits per heavy atom. The van der Waals surface area contributed by atoms with Gasteiger partial charge in [0.25, 0.3) is 10.0 Å².